The molecule has 2 fully saturated rings. The molecule has 12 heteroatoms. The first-order valence-electron chi connectivity index (χ1n) is 17.4. The van der Waals surface area contributed by atoms with Gasteiger partial charge in [-0.25, -0.2) is 0 Å². The summed E-state index contributed by atoms with van der Waals surface area (Å²) in [5, 5.41) is 11.5. The Kier molecular flexibility index (Phi) is 15.7. The van der Waals surface area contributed by atoms with Gasteiger partial charge in [0.25, 0.3) is 0 Å². The van der Waals surface area contributed by atoms with Crippen molar-refractivity contribution in [1.82, 2.24) is 0 Å². The minimum atomic E-state index is -1.13. The maximum Gasteiger partial charge on any atom is 0.303 e. The van der Waals surface area contributed by atoms with E-state index < -0.39 is 67.4 Å². The molecule has 2 saturated heterocycles. The minimum absolute atomic E-state index is 0.0349. The first-order valence-corrected chi connectivity index (χ1v) is 17.4. The number of aliphatic hydroxyl groups excluding tert-OH is 1. The molecule has 3 aromatic carbocycles. The average molecular weight is 723 g/mol. The quantitative estimate of drug-likeness (QED) is 0.139. The van der Waals surface area contributed by atoms with Crippen LogP contribution in [-0.2, 0) is 72.0 Å². The molecule has 1 N–H and O–H groups in total. The van der Waals surface area contributed by atoms with Crippen LogP contribution in [0.25, 0.3) is 0 Å². The first-order chi connectivity index (χ1) is 25.4. The van der Waals surface area contributed by atoms with Crippen molar-refractivity contribution in [3.63, 3.8) is 0 Å². The molecular formula is C40H50O12. The number of aliphatic hydroxyl groups is 1. The van der Waals surface area contributed by atoms with E-state index in [1.165, 1.54) is 21.1 Å². The fourth-order valence-corrected chi connectivity index (χ4v) is 6.30. The van der Waals surface area contributed by atoms with E-state index >= 15 is 0 Å². The van der Waals surface area contributed by atoms with Gasteiger partial charge in [-0.05, 0) is 16.7 Å². The van der Waals surface area contributed by atoms with Gasteiger partial charge in [0.05, 0.1) is 39.6 Å². The van der Waals surface area contributed by atoms with E-state index in [0.717, 1.165) is 16.7 Å². The molecule has 52 heavy (non-hydrogen) atoms. The zero-order valence-electron chi connectivity index (χ0n) is 29.9. The third-order valence-corrected chi connectivity index (χ3v) is 8.80. The molecule has 2 aliphatic rings. The minimum Gasteiger partial charge on any atom is -0.454 e. The smallest absolute Gasteiger partial charge is 0.303 e. The fourth-order valence-electron chi connectivity index (χ4n) is 6.30. The lowest BCUT2D eigenvalue weighted by molar-refractivity contribution is -0.367. The van der Waals surface area contributed by atoms with Crippen molar-refractivity contribution < 1.29 is 57.3 Å². The van der Waals surface area contributed by atoms with Gasteiger partial charge in [0.15, 0.2) is 18.7 Å². The second kappa shape index (κ2) is 20.6. The van der Waals surface area contributed by atoms with Crippen molar-refractivity contribution >= 4 is 5.97 Å². The fraction of sp³-hybridized carbons (Fsp3) is 0.475. The molecule has 12 nitrogen and oxygen atoms in total. The molecule has 282 valence electrons. The number of ether oxygens (including phenoxy) is 10. The van der Waals surface area contributed by atoms with E-state index in [1.54, 1.807) is 6.08 Å². The Morgan fingerprint density at radius 2 is 1.19 bits per heavy atom. The van der Waals surface area contributed by atoms with Gasteiger partial charge in [-0.3, -0.25) is 4.79 Å². The second-order valence-corrected chi connectivity index (χ2v) is 12.5. The van der Waals surface area contributed by atoms with Gasteiger partial charge in [-0.2, -0.15) is 0 Å². The molecule has 3 aromatic rings. The molecule has 2 heterocycles. The number of methoxy groups -OCH3 is 2. The summed E-state index contributed by atoms with van der Waals surface area (Å²) in [5.41, 5.74) is 2.84. The highest BCUT2D eigenvalue weighted by atomic mass is 16.8. The van der Waals surface area contributed by atoms with Crippen molar-refractivity contribution in [3.8, 4) is 0 Å². The van der Waals surface area contributed by atoms with Gasteiger partial charge in [0.1, 0.15) is 42.7 Å². The molecule has 0 unspecified atom stereocenters. The highest BCUT2D eigenvalue weighted by Crippen LogP contribution is 2.34. The Morgan fingerprint density at radius 1 is 0.673 bits per heavy atom. The van der Waals surface area contributed by atoms with Crippen LogP contribution >= 0.6 is 0 Å². The number of benzene rings is 3. The summed E-state index contributed by atoms with van der Waals surface area (Å²) in [5.74, 6) is -0.559. The van der Waals surface area contributed by atoms with Crippen LogP contribution in [0.5, 0.6) is 0 Å². The van der Waals surface area contributed by atoms with Crippen molar-refractivity contribution in [3.05, 3.63) is 120 Å². The van der Waals surface area contributed by atoms with E-state index in [1.807, 2.05) is 91.0 Å². The Hall–Kier alpha value is -3.53. The highest BCUT2D eigenvalue weighted by molar-refractivity contribution is 5.66. The summed E-state index contributed by atoms with van der Waals surface area (Å²) in [6.45, 7) is 6.05. The highest BCUT2D eigenvalue weighted by Gasteiger charge is 2.54. The van der Waals surface area contributed by atoms with Gasteiger partial charge in [0, 0.05) is 21.1 Å². The van der Waals surface area contributed by atoms with Crippen LogP contribution in [0.15, 0.2) is 104 Å². The van der Waals surface area contributed by atoms with Crippen molar-refractivity contribution in [1.29, 1.82) is 0 Å². The zero-order chi connectivity index (χ0) is 36.7. The number of hydrogen-bond acceptors (Lipinski definition) is 12. The molecule has 0 saturated carbocycles. The van der Waals surface area contributed by atoms with Gasteiger partial charge in [0.2, 0.25) is 0 Å². The van der Waals surface area contributed by atoms with Gasteiger partial charge < -0.3 is 52.5 Å². The van der Waals surface area contributed by atoms with Crippen LogP contribution in [0.2, 0.25) is 0 Å². The summed E-state index contributed by atoms with van der Waals surface area (Å²) in [7, 11) is 2.99. The van der Waals surface area contributed by atoms with Crippen LogP contribution in [0.4, 0.5) is 0 Å². The normalized spacial score (nSPS) is 29.0. The molecule has 0 amide bonds. The summed E-state index contributed by atoms with van der Waals surface area (Å²) in [6.07, 6.45) is -8.05. The molecule has 2 aliphatic heterocycles. The molecule has 0 radical (unpaired) electrons. The van der Waals surface area contributed by atoms with E-state index in [-0.39, 0.29) is 26.4 Å². The SMILES string of the molecule is C=CCO[C@@H]1O[C@H](COCc2ccccc2)[C@@H](O[C@H]2O[C@H](COCc3ccccc3)[C@@H](O)[C@H](OC)[C@H]2OCc2ccccc2)[C@H](OC)[C@H]1OC(C)=O. The lowest BCUT2D eigenvalue weighted by Gasteiger charge is -2.49. The molecule has 0 spiro atoms. The lowest BCUT2D eigenvalue weighted by Crippen LogP contribution is -2.66. The predicted octanol–water partition coefficient (Wildman–Crippen LogP) is 4.37. The Balaban J connectivity index is 1.43. The second-order valence-electron chi connectivity index (χ2n) is 12.5. The van der Waals surface area contributed by atoms with Crippen LogP contribution in [-0.4, -0.2) is 107 Å². The molecule has 5 rings (SSSR count). The Morgan fingerprint density at radius 3 is 1.71 bits per heavy atom. The van der Waals surface area contributed by atoms with E-state index in [2.05, 4.69) is 6.58 Å². The predicted molar refractivity (Wildman–Crippen MR) is 189 cm³/mol. The van der Waals surface area contributed by atoms with Crippen molar-refractivity contribution in [2.75, 3.05) is 34.0 Å². The monoisotopic (exact) mass is 722 g/mol. The van der Waals surface area contributed by atoms with Crippen LogP contribution in [0, 0.1) is 0 Å². The number of rotatable bonds is 19. The third kappa shape index (κ3) is 11.0. The topological polar surface area (TPSA) is 130 Å². The number of carbonyl (C=O) groups excluding carboxylic acids is 1. The summed E-state index contributed by atoms with van der Waals surface area (Å²) in [6, 6.07) is 29.0. The van der Waals surface area contributed by atoms with Crippen LogP contribution in [0.3, 0.4) is 0 Å². The van der Waals surface area contributed by atoms with Gasteiger partial charge in [-0.1, -0.05) is 97.1 Å². The molecule has 0 aliphatic carbocycles. The number of hydrogen-bond donors (Lipinski definition) is 1. The number of carbonyl (C=O) groups is 1. The lowest BCUT2D eigenvalue weighted by atomic mass is 9.96. The average Bonchev–Trinajstić information content (AvgIpc) is 3.16. The van der Waals surface area contributed by atoms with Crippen LogP contribution < -0.4 is 0 Å². The molecule has 10 atom stereocenters. The molecule has 0 aromatic heterocycles. The zero-order valence-corrected chi connectivity index (χ0v) is 29.9. The van der Waals surface area contributed by atoms with E-state index in [9.17, 15) is 9.90 Å². The maximum atomic E-state index is 12.4. The van der Waals surface area contributed by atoms with Crippen LogP contribution in [0.1, 0.15) is 23.6 Å². The Bertz CT molecular complexity index is 1460. The third-order valence-electron chi connectivity index (χ3n) is 8.80. The molecular weight excluding hydrogens is 672 g/mol. The van der Waals surface area contributed by atoms with Crippen molar-refractivity contribution in [2.45, 2.75) is 88.2 Å². The van der Waals surface area contributed by atoms with E-state index in [0.29, 0.717) is 13.2 Å². The standard InChI is InChI=1S/C40H50O12/c1-5-21-47-39-38(49-27(2)41)36(44-4)34(32(51-39)26-46-23-29-17-11-7-12-18-29)52-40-37(48-24-30-19-13-8-14-20-30)35(43-3)33(42)31(50-40)25-45-22-28-15-9-6-10-16-28/h5-20,31-40,42H,1,21-26H2,2-4H3/t31-,32-,33-,34-,35+,36+,37-,38-,39-,40-/m1/s1. The van der Waals surface area contributed by atoms with Gasteiger partial charge in [-0.15, -0.1) is 6.58 Å². The van der Waals surface area contributed by atoms with Crippen molar-refractivity contribution in [2.24, 2.45) is 0 Å². The first kappa shape index (κ1) is 39.7. The van der Waals surface area contributed by atoms with Gasteiger partial charge >= 0.3 is 5.97 Å². The maximum absolute atomic E-state index is 12.4. The Labute approximate surface area is 305 Å². The molecule has 0 bridgehead atoms. The largest absolute Gasteiger partial charge is 0.454 e. The van der Waals surface area contributed by atoms with E-state index in [4.69, 9.17) is 47.4 Å². The summed E-state index contributed by atoms with van der Waals surface area (Å²) < 4.78 is 61.8. The summed E-state index contributed by atoms with van der Waals surface area (Å²) >= 11 is 0. The summed E-state index contributed by atoms with van der Waals surface area (Å²) in [4.78, 5) is 12.4. The number of esters is 1.